The summed E-state index contributed by atoms with van der Waals surface area (Å²) in [6.45, 7) is 0. The minimum atomic E-state index is -0.515. The maximum absolute atomic E-state index is 12.9. The van der Waals surface area contributed by atoms with Crippen LogP contribution in [-0.4, -0.2) is 5.11 Å². The van der Waals surface area contributed by atoms with Crippen molar-refractivity contribution in [3.8, 4) is 17.1 Å². The van der Waals surface area contributed by atoms with Gasteiger partial charge < -0.3 is 9.52 Å². The molecule has 4 heteroatoms. The molecule has 0 saturated heterocycles. The maximum Gasteiger partial charge on any atom is 0.344 e. The van der Waals surface area contributed by atoms with E-state index in [2.05, 4.69) is 12.1 Å². The van der Waals surface area contributed by atoms with Gasteiger partial charge in [-0.05, 0) is 11.1 Å². The van der Waals surface area contributed by atoms with Gasteiger partial charge in [-0.15, -0.1) is 11.8 Å². The van der Waals surface area contributed by atoms with Crippen LogP contribution in [0.3, 0.4) is 0 Å². The van der Waals surface area contributed by atoms with Crippen molar-refractivity contribution in [3.05, 3.63) is 124 Å². The van der Waals surface area contributed by atoms with Crippen molar-refractivity contribution in [3.63, 3.8) is 0 Å². The molecule has 29 heavy (non-hydrogen) atoms. The fraction of sp³-hybridized carbons (Fsp3) is 0.0800. The number of aromatic hydroxyl groups is 1. The molecule has 0 saturated carbocycles. The molecule has 1 aromatic heterocycles. The summed E-state index contributed by atoms with van der Waals surface area (Å²) in [5.74, 6) is 1.02. The van der Waals surface area contributed by atoms with E-state index in [4.69, 9.17) is 4.42 Å². The first kappa shape index (κ1) is 19.1. The van der Waals surface area contributed by atoms with Gasteiger partial charge in [-0.3, -0.25) is 0 Å². The van der Waals surface area contributed by atoms with Crippen molar-refractivity contribution in [2.45, 2.75) is 11.0 Å². The number of rotatable bonds is 6. The van der Waals surface area contributed by atoms with E-state index in [0.29, 0.717) is 11.5 Å². The Labute approximate surface area is 173 Å². The highest BCUT2D eigenvalue weighted by Crippen LogP contribution is 2.40. The number of hydrogen-bond donors (Lipinski definition) is 1. The van der Waals surface area contributed by atoms with Gasteiger partial charge in [0, 0.05) is 17.4 Å². The van der Waals surface area contributed by atoms with Gasteiger partial charge in [0.05, 0.1) is 10.8 Å². The van der Waals surface area contributed by atoms with E-state index in [-0.39, 0.29) is 16.6 Å². The molecule has 0 fully saturated rings. The third kappa shape index (κ3) is 4.44. The van der Waals surface area contributed by atoms with Gasteiger partial charge in [0.25, 0.3) is 0 Å². The van der Waals surface area contributed by atoms with Crippen molar-refractivity contribution < 1.29 is 9.52 Å². The lowest BCUT2D eigenvalue weighted by atomic mass is 10.0. The average molecular weight is 400 g/mol. The minimum Gasteiger partial charge on any atom is -0.507 e. The monoisotopic (exact) mass is 400 g/mol. The van der Waals surface area contributed by atoms with E-state index >= 15 is 0 Å². The second kappa shape index (κ2) is 8.84. The highest BCUT2D eigenvalue weighted by atomic mass is 32.2. The van der Waals surface area contributed by atoms with Crippen LogP contribution in [0.15, 0.2) is 106 Å². The van der Waals surface area contributed by atoms with Gasteiger partial charge in [0.2, 0.25) is 0 Å². The molecule has 0 spiro atoms. The third-order valence-electron chi connectivity index (χ3n) is 4.65. The molecular weight excluding hydrogens is 380 g/mol. The number of hydrogen-bond acceptors (Lipinski definition) is 4. The highest BCUT2D eigenvalue weighted by molar-refractivity contribution is 7.98. The maximum atomic E-state index is 12.9. The zero-order valence-corrected chi connectivity index (χ0v) is 16.5. The lowest BCUT2D eigenvalue weighted by Gasteiger charge is -2.18. The Kier molecular flexibility index (Phi) is 5.82. The summed E-state index contributed by atoms with van der Waals surface area (Å²) in [6, 6.07) is 30.6. The van der Waals surface area contributed by atoms with Gasteiger partial charge in [0.1, 0.15) is 11.5 Å². The van der Waals surface area contributed by atoms with Crippen LogP contribution in [-0.2, 0) is 5.75 Å². The lowest BCUT2D eigenvalue weighted by molar-refractivity contribution is 0.442. The molecule has 0 aliphatic heterocycles. The lowest BCUT2D eigenvalue weighted by Crippen LogP contribution is -2.12. The van der Waals surface area contributed by atoms with Crippen LogP contribution in [0.4, 0.5) is 0 Å². The van der Waals surface area contributed by atoms with Gasteiger partial charge in [-0.25, -0.2) is 4.79 Å². The molecule has 3 nitrogen and oxygen atoms in total. The van der Waals surface area contributed by atoms with E-state index < -0.39 is 5.63 Å². The molecular formula is C25H20O3S. The van der Waals surface area contributed by atoms with E-state index in [9.17, 15) is 9.90 Å². The van der Waals surface area contributed by atoms with Gasteiger partial charge in [-0.2, -0.15) is 0 Å². The molecule has 1 N–H and O–H groups in total. The second-order valence-corrected chi connectivity index (χ2v) is 7.74. The first-order valence-electron chi connectivity index (χ1n) is 9.35. The quantitative estimate of drug-likeness (QED) is 0.429. The summed E-state index contributed by atoms with van der Waals surface area (Å²) in [6.07, 6.45) is 0. The molecule has 0 amide bonds. The molecule has 144 valence electrons. The van der Waals surface area contributed by atoms with Gasteiger partial charge >= 0.3 is 5.63 Å². The van der Waals surface area contributed by atoms with E-state index in [1.54, 1.807) is 11.8 Å². The summed E-state index contributed by atoms with van der Waals surface area (Å²) in [7, 11) is 0. The smallest absolute Gasteiger partial charge is 0.344 e. The van der Waals surface area contributed by atoms with Crippen LogP contribution in [0, 0.1) is 0 Å². The topological polar surface area (TPSA) is 50.4 Å². The molecule has 1 atom stereocenters. The van der Waals surface area contributed by atoms with E-state index in [0.717, 1.165) is 16.7 Å². The third-order valence-corrected chi connectivity index (χ3v) is 5.99. The van der Waals surface area contributed by atoms with Crippen LogP contribution in [0.5, 0.6) is 5.75 Å². The molecule has 3 aromatic carbocycles. The Hall–Kier alpha value is -3.24. The summed E-state index contributed by atoms with van der Waals surface area (Å²) in [5, 5.41) is 10.5. The SMILES string of the molecule is O=c1oc(-c2ccccc2)cc(O)c1[C@@H](SCc1ccccc1)c1ccccc1. The Morgan fingerprint density at radius 1 is 0.828 bits per heavy atom. The summed E-state index contributed by atoms with van der Waals surface area (Å²) < 4.78 is 5.60. The Bertz CT molecular complexity index is 1120. The largest absolute Gasteiger partial charge is 0.507 e. The standard InChI is InChI=1S/C25H20O3S/c26-21-16-22(19-12-6-2-7-13-19)28-25(27)23(21)24(20-14-8-3-9-15-20)29-17-18-10-4-1-5-11-18/h1-16,24,26H,17H2/t24-/m0/s1. The molecule has 0 radical (unpaired) electrons. The van der Waals surface area contributed by atoms with Crippen molar-refractivity contribution in [2.24, 2.45) is 0 Å². The van der Waals surface area contributed by atoms with Crippen LogP contribution < -0.4 is 5.63 Å². The number of thioether (sulfide) groups is 1. The summed E-state index contributed by atoms with van der Waals surface area (Å²) in [5.41, 5.74) is 2.61. The average Bonchev–Trinajstić information content (AvgIpc) is 2.77. The predicted molar refractivity (Wildman–Crippen MR) is 118 cm³/mol. The molecule has 0 aliphatic carbocycles. The molecule has 0 aliphatic rings. The van der Waals surface area contributed by atoms with Gasteiger partial charge in [0.15, 0.2) is 0 Å². The van der Waals surface area contributed by atoms with Crippen molar-refractivity contribution in [2.75, 3.05) is 0 Å². The Balaban J connectivity index is 1.73. The Morgan fingerprint density at radius 3 is 2.03 bits per heavy atom. The summed E-state index contributed by atoms with van der Waals surface area (Å²) >= 11 is 1.59. The zero-order chi connectivity index (χ0) is 20.1. The highest BCUT2D eigenvalue weighted by Gasteiger charge is 2.24. The van der Waals surface area contributed by atoms with Crippen LogP contribution >= 0.6 is 11.8 Å². The molecule has 4 rings (SSSR count). The van der Waals surface area contributed by atoms with Crippen LogP contribution in [0.2, 0.25) is 0 Å². The van der Waals surface area contributed by atoms with Crippen molar-refractivity contribution in [1.29, 1.82) is 0 Å². The first-order chi connectivity index (χ1) is 14.2. The van der Waals surface area contributed by atoms with Gasteiger partial charge in [-0.1, -0.05) is 91.0 Å². The first-order valence-corrected chi connectivity index (χ1v) is 10.4. The van der Waals surface area contributed by atoms with Crippen molar-refractivity contribution >= 4 is 11.8 Å². The number of benzene rings is 3. The summed E-state index contributed by atoms with van der Waals surface area (Å²) in [4.78, 5) is 12.9. The van der Waals surface area contributed by atoms with Crippen molar-refractivity contribution in [1.82, 2.24) is 0 Å². The molecule has 1 heterocycles. The molecule has 0 bridgehead atoms. The Morgan fingerprint density at radius 2 is 1.41 bits per heavy atom. The molecule has 0 unspecified atom stereocenters. The van der Waals surface area contributed by atoms with E-state index in [1.165, 1.54) is 6.07 Å². The fourth-order valence-corrected chi connectivity index (χ4v) is 4.49. The van der Waals surface area contributed by atoms with Crippen LogP contribution in [0.25, 0.3) is 11.3 Å². The van der Waals surface area contributed by atoms with Crippen LogP contribution in [0.1, 0.15) is 21.9 Å². The fourth-order valence-electron chi connectivity index (χ4n) is 3.20. The second-order valence-electron chi connectivity index (χ2n) is 6.65. The normalized spacial score (nSPS) is 11.9. The minimum absolute atomic E-state index is 0.0467. The molecule has 4 aromatic rings. The zero-order valence-electron chi connectivity index (χ0n) is 15.7. The van der Waals surface area contributed by atoms with E-state index in [1.807, 2.05) is 78.9 Å². The predicted octanol–water partition coefficient (Wildman–Crippen LogP) is 6.04.